The van der Waals surface area contributed by atoms with Crippen LogP contribution in [0.3, 0.4) is 0 Å². The van der Waals surface area contributed by atoms with Crippen molar-refractivity contribution in [3.63, 3.8) is 0 Å². The highest BCUT2D eigenvalue weighted by Crippen LogP contribution is 2.28. The summed E-state index contributed by atoms with van der Waals surface area (Å²) in [5, 5.41) is 1.55. The van der Waals surface area contributed by atoms with Crippen LogP contribution in [0, 0.1) is 0 Å². The lowest BCUT2D eigenvalue weighted by atomic mass is 10.2. The van der Waals surface area contributed by atoms with Crippen LogP contribution in [-0.2, 0) is 6.42 Å². The second-order valence-electron chi connectivity index (χ2n) is 3.57. The summed E-state index contributed by atoms with van der Waals surface area (Å²) in [6, 6.07) is 0. The molecule has 1 aromatic heterocycles. The number of rotatable bonds is 5. The molecule has 0 saturated heterocycles. The van der Waals surface area contributed by atoms with Gasteiger partial charge in [-0.15, -0.1) is 11.8 Å². The van der Waals surface area contributed by atoms with E-state index in [4.69, 9.17) is 5.84 Å². The van der Waals surface area contributed by atoms with E-state index in [-0.39, 0.29) is 0 Å². The number of nitrogens with one attached hydrogen (secondary N) is 1. The summed E-state index contributed by atoms with van der Waals surface area (Å²) in [7, 11) is 0. The number of nitrogens with two attached hydrogens (primary N) is 1. The summed E-state index contributed by atoms with van der Waals surface area (Å²) in [5.41, 5.74) is 3.76. The number of hydrogen-bond acceptors (Lipinski definition) is 5. The van der Waals surface area contributed by atoms with Crippen molar-refractivity contribution < 1.29 is 0 Å². The molecule has 1 rings (SSSR count). The van der Waals surface area contributed by atoms with Crippen LogP contribution < -0.4 is 11.3 Å². The Kier molecular flexibility index (Phi) is 4.84. The fourth-order valence-electron chi connectivity index (χ4n) is 1.32. The van der Waals surface area contributed by atoms with E-state index in [1.165, 1.54) is 0 Å². The molecular formula is C10H18N4S. The summed E-state index contributed by atoms with van der Waals surface area (Å²) in [6.07, 6.45) is 3.57. The van der Waals surface area contributed by atoms with Crippen molar-refractivity contribution in [1.29, 1.82) is 0 Å². The second kappa shape index (κ2) is 5.92. The van der Waals surface area contributed by atoms with E-state index in [0.29, 0.717) is 5.25 Å². The zero-order chi connectivity index (χ0) is 11.3. The first-order chi connectivity index (χ1) is 7.19. The average molecular weight is 226 g/mol. The Hall–Kier alpha value is -0.810. The maximum Gasteiger partial charge on any atom is 0.147 e. The largest absolute Gasteiger partial charge is 0.308 e. The lowest BCUT2D eigenvalue weighted by Crippen LogP contribution is -2.12. The maximum absolute atomic E-state index is 5.43. The monoisotopic (exact) mass is 226 g/mol. The molecule has 0 unspecified atom stereocenters. The highest BCUT2D eigenvalue weighted by molar-refractivity contribution is 7.99. The minimum absolute atomic E-state index is 0.515. The van der Waals surface area contributed by atoms with Crippen molar-refractivity contribution >= 4 is 17.6 Å². The molecule has 0 spiro atoms. The van der Waals surface area contributed by atoms with E-state index in [0.717, 1.165) is 29.2 Å². The Bertz CT molecular complexity index is 314. The fraction of sp³-hybridized carbons (Fsp3) is 0.600. The minimum Gasteiger partial charge on any atom is -0.308 e. The first-order valence-corrected chi connectivity index (χ1v) is 6.04. The molecular weight excluding hydrogens is 208 g/mol. The van der Waals surface area contributed by atoms with Gasteiger partial charge in [0.15, 0.2) is 0 Å². The summed E-state index contributed by atoms with van der Waals surface area (Å²) in [6.45, 7) is 6.44. The molecule has 5 heteroatoms. The van der Waals surface area contributed by atoms with Gasteiger partial charge in [0.1, 0.15) is 17.2 Å². The average Bonchev–Trinajstić information content (AvgIpc) is 2.20. The Labute approximate surface area is 95.0 Å². The zero-order valence-electron chi connectivity index (χ0n) is 9.45. The summed E-state index contributed by atoms with van der Waals surface area (Å²) >= 11 is 1.75. The van der Waals surface area contributed by atoms with Crippen LogP contribution in [-0.4, -0.2) is 15.2 Å². The van der Waals surface area contributed by atoms with Crippen LogP contribution in [0.5, 0.6) is 0 Å². The normalized spacial score (nSPS) is 10.7. The quantitative estimate of drug-likeness (QED) is 0.349. The molecule has 0 radical (unpaired) electrons. The molecule has 0 aliphatic carbocycles. The van der Waals surface area contributed by atoms with Gasteiger partial charge in [0.2, 0.25) is 0 Å². The zero-order valence-corrected chi connectivity index (χ0v) is 10.3. The summed E-state index contributed by atoms with van der Waals surface area (Å²) in [4.78, 5) is 8.43. The van der Waals surface area contributed by atoms with Gasteiger partial charge in [-0.3, -0.25) is 0 Å². The molecule has 0 fully saturated rings. The van der Waals surface area contributed by atoms with Gasteiger partial charge in [-0.1, -0.05) is 27.2 Å². The summed E-state index contributed by atoms with van der Waals surface area (Å²) < 4.78 is 0. The molecule has 0 atom stereocenters. The van der Waals surface area contributed by atoms with Crippen LogP contribution in [0.2, 0.25) is 0 Å². The molecule has 84 valence electrons. The van der Waals surface area contributed by atoms with Gasteiger partial charge in [0.05, 0.1) is 0 Å². The molecule has 0 aliphatic heterocycles. The number of hydrazine groups is 1. The van der Waals surface area contributed by atoms with Gasteiger partial charge in [-0.25, -0.2) is 15.8 Å². The molecule has 0 saturated carbocycles. The van der Waals surface area contributed by atoms with Crippen LogP contribution >= 0.6 is 11.8 Å². The highest BCUT2D eigenvalue weighted by Gasteiger charge is 2.11. The molecule has 0 amide bonds. The molecule has 15 heavy (non-hydrogen) atoms. The van der Waals surface area contributed by atoms with Crippen LogP contribution in [0.1, 0.15) is 32.8 Å². The summed E-state index contributed by atoms with van der Waals surface area (Å²) in [5.74, 6) is 6.18. The van der Waals surface area contributed by atoms with Gasteiger partial charge in [0.25, 0.3) is 0 Å². The van der Waals surface area contributed by atoms with Gasteiger partial charge in [0, 0.05) is 10.8 Å². The Morgan fingerprint density at radius 2 is 2.20 bits per heavy atom. The van der Waals surface area contributed by atoms with E-state index < -0.39 is 0 Å². The Balaban J connectivity index is 3.01. The predicted molar refractivity (Wildman–Crippen MR) is 64.8 cm³/mol. The Morgan fingerprint density at radius 3 is 2.73 bits per heavy atom. The van der Waals surface area contributed by atoms with Crippen LogP contribution in [0.25, 0.3) is 0 Å². The molecule has 1 heterocycles. The molecule has 3 N–H and O–H groups in total. The topological polar surface area (TPSA) is 63.8 Å². The van der Waals surface area contributed by atoms with Crippen molar-refractivity contribution in [3.05, 3.63) is 11.9 Å². The van der Waals surface area contributed by atoms with E-state index in [1.54, 1.807) is 18.1 Å². The van der Waals surface area contributed by atoms with Gasteiger partial charge in [-0.05, 0) is 6.42 Å². The molecule has 0 aromatic carbocycles. The predicted octanol–water partition coefficient (Wildman–Crippen LogP) is 2.22. The molecule has 4 nitrogen and oxygen atoms in total. The number of thioether (sulfide) groups is 1. The van der Waals surface area contributed by atoms with E-state index in [1.807, 2.05) is 0 Å². The van der Waals surface area contributed by atoms with Crippen molar-refractivity contribution in [2.45, 2.75) is 43.9 Å². The first-order valence-electron chi connectivity index (χ1n) is 5.16. The number of nitrogens with zero attached hydrogens (tertiary/aromatic N) is 2. The number of hydrogen-bond donors (Lipinski definition) is 2. The molecule has 0 aliphatic rings. The number of nitrogen functional groups attached to an aromatic ring is 1. The van der Waals surface area contributed by atoms with Gasteiger partial charge in [-0.2, -0.15) is 0 Å². The van der Waals surface area contributed by atoms with Gasteiger partial charge >= 0.3 is 0 Å². The molecule has 1 aromatic rings. The third-order valence-electron chi connectivity index (χ3n) is 1.89. The van der Waals surface area contributed by atoms with E-state index in [2.05, 4.69) is 36.2 Å². The van der Waals surface area contributed by atoms with Crippen LogP contribution in [0.4, 0.5) is 5.82 Å². The van der Waals surface area contributed by atoms with E-state index >= 15 is 0 Å². The van der Waals surface area contributed by atoms with Crippen molar-refractivity contribution in [2.24, 2.45) is 5.84 Å². The third-order valence-corrected chi connectivity index (χ3v) is 2.94. The first kappa shape index (κ1) is 12.3. The number of anilines is 1. The lowest BCUT2D eigenvalue weighted by Gasteiger charge is -2.12. The Morgan fingerprint density at radius 1 is 1.47 bits per heavy atom. The minimum atomic E-state index is 0.515. The third kappa shape index (κ3) is 3.35. The smallest absolute Gasteiger partial charge is 0.147 e. The lowest BCUT2D eigenvalue weighted by molar-refractivity contribution is 0.854. The highest BCUT2D eigenvalue weighted by atomic mass is 32.2. The van der Waals surface area contributed by atoms with Gasteiger partial charge < -0.3 is 5.43 Å². The SMILES string of the molecule is CCCc1c(NN)ncnc1SC(C)C. The van der Waals surface area contributed by atoms with E-state index in [9.17, 15) is 0 Å². The van der Waals surface area contributed by atoms with Crippen molar-refractivity contribution in [1.82, 2.24) is 9.97 Å². The number of aromatic nitrogens is 2. The van der Waals surface area contributed by atoms with Crippen molar-refractivity contribution in [3.8, 4) is 0 Å². The molecule has 0 bridgehead atoms. The fourth-order valence-corrected chi connectivity index (χ4v) is 2.22. The second-order valence-corrected chi connectivity index (χ2v) is 5.13. The van der Waals surface area contributed by atoms with Crippen molar-refractivity contribution in [2.75, 3.05) is 5.43 Å². The standard InChI is InChI=1S/C10H18N4S/c1-4-5-8-9(14-11)12-6-13-10(8)15-7(2)3/h6-7H,4-5,11H2,1-3H3,(H,12,13,14). The maximum atomic E-state index is 5.43. The van der Waals surface area contributed by atoms with Crippen LogP contribution in [0.15, 0.2) is 11.4 Å².